The first kappa shape index (κ1) is 10.9. The number of hydrogen-bond acceptors (Lipinski definition) is 2. The van der Waals surface area contributed by atoms with Gasteiger partial charge in [-0.25, -0.2) is 0 Å². The van der Waals surface area contributed by atoms with E-state index in [4.69, 9.17) is 4.74 Å². The fourth-order valence-corrected chi connectivity index (χ4v) is 1.80. The third-order valence-corrected chi connectivity index (χ3v) is 2.94. The average Bonchev–Trinajstić information content (AvgIpc) is 2.26. The van der Waals surface area contributed by atoms with Gasteiger partial charge < -0.3 is 4.74 Å². The summed E-state index contributed by atoms with van der Waals surface area (Å²) in [6.45, 7) is 4.69. The summed E-state index contributed by atoms with van der Waals surface area (Å²) in [7, 11) is 0. The van der Waals surface area contributed by atoms with E-state index in [0.29, 0.717) is 13.0 Å². The molecule has 2 rings (SSSR count). The molecule has 1 aliphatic heterocycles. The first-order valence-corrected chi connectivity index (χ1v) is 5.50. The quantitative estimate of drug-likeness (QED) is 0.674. The van der Waals surface area contributed by atoms with Gasteiger partial charge >= 0.3 is 5.97 Å². The minimum Gasteiger partial charge on any atom is -0.465 e. The monoisotopic (exact) mass is 216 g/mol. The summed E-state index contributed by atoms with van der Waals surface area (Å²) in [4.78, 5) is 11.3. The fourth-order valence-electron chi connectivity index (χ4n) is 1.80. The van der Waals surface area contributed by atoms with Crippen molar-refractivity contribution in [3.8, 4) is 0 Å². The lowest BCUT2D eigenvalue weighted by Gasteiger charge is -2.32. The van der Waals surface area contributed by atoms with E-state index in [1.165, 1.54) is 0 Å². The number of carbonyl (C=O) groups excluding carboxylic acids is 1. The summed E-state index contributed by atoms with van der Waals surface area (Å²) < 4.78 is 5.08. The van der Waals surface area contributed by atoms with Gasteiger partial charge in [0.1, 0.15) is 6.61 Å². The standard InChI is InChI=1S/C14H16O2/c1-14(2)10-16-13(15)9-12(14)8-11-6-4-3-5-7-11/h3-8H,9-10H2,1-2H3/b12-8+. The van der Waals surface area contributed by atoms with Crippen LogP contribution < -0.4 is 0 Å². The number of rotatable bonds is 1. The zero-order chi connectivity index (χ0) is 11.6. The minimum atomic E-state index is -0.124. The van der Waals surface area contributed by atoms with Gasteiger partial charge in [-0.2, -0.15) is 0 Å². The minimum absolute atomic E-state index is 0.0518. The molecule has 0 amide bonds. The summed E-state index contributed by atoms with van der Waals surface area (Å²) in [5.41, 5.74) is 2.24. The molecule has 1 aromatic carbocycles. The van der Waals surface area contributed by atoms with Crippen LogP contribution in [0.3, 0.4) is 0 Å². The molecule has 0 spiro atoms. The Labute approximate surface area is 95.9 Å². The van der Waals surface area contributed by atoms with E-state index < -0.39 is 0 Å². The lowest BCUT2D eigenvalue weighted by molar-refractivity contribution is -0.148. The van der Waals surface area contributed by atoms with Crippen LogP contribution in [-0.2, 0) is 9.53 Å². The second-order valence-corrected chi connectivity index (χ2v) is 4.80. The molecule has 1 saturated heterocycles. The Morgan fingerprint density at radius 2 is 1.94 bits per heavy atom. The number of ether oxygens (including phenoxy) is 1. The Balaban J connectivity index is 2.30. The summed E-state index contributed by atoms with van der Waals surface area (Å²) in [6.07, 6.45) is 2.50. The van der Waals surface area contributed by atoms with Gasteiger partial charge in [0.15, 0.2) is 0 Å². The lowest BCUT2D eigenvalue weighted by atomic mass is 9.80. The molecule has 0 atom stereocenters. The van der Waals surface area contributed by atoms with Gasteiger partial charge in [-0.1, -0.05) is 50.3 Å². The van der Waals surface area contributed by atoms with Gasteiger partial charge in [-0.05, 0) is 11.1 Å². The van der Waals surface area contributed by atoms with Crippen molar-refractivity contribution in [1.82, 2.24) is 0 Å². The van der Waals surface area contributed by atoms with Crippen LogP contribution >= 0.6 is 0 Å². The normalized spacial score (nSPS) is 21.9. The molecule has 0 saturated carbocycles. The molecule has 1 fully saturated rings. The van der Waals surface area contributed by atoms with E-state index in [1.807, 2.05) is 30.3 Å². The van der Waals surface area contributed by atoms with Gasteiger partial charge in [0.2, 0.25) is 0 Å². The topological polar surface area (TPSA) is 26.3 Å². The maximum Gasteiger partial charge on any atom is 0.309 e. The van der Waals surface area contributed by atoms with Gasteiger partial charge in [0, 0.05) is 5.41 Å². The van der Waals surface area contributed by atoms with Crippen molar-refractivity contribution in [2.24, 2.45) is 5.41 Å². The summed E-state index contributed by atoms with van der Waals surface area (Å²) in [6, 6.07) is 10.1. The number of carbonyl (C=O) groups is 1. The Bertz CT molecular complexity index is 416. The van der Waals surface area contributed by atoms with Gasteiger partial charge in [-0.3, -0.25) is 4.79 Å². The zero-order valence-electron chi connectivity index (χ0n) is 9.69. The van der Waals surface area contributed by atoms with E-state index >= 15 is 0 Å². The van der Waals surface area contributed by atoms with E-state index in [2.05, 4.69) is 19.9 Å². The van der Waals surface area contributed by atoms with Crippen molar-refractivity contribution in [1.29, 1.82) is 0 Å². The Kier molecular flexibility index (Phi) is 2.82. The van der Waals surface area contributed by atoms with Crippen LogP contribution in [0.25, 0.3) is 6.08 Å². The van der Waals surface area contributed by atoms with Gasteiger partial charge in [0.25, 0.3) is 0 Å². The maximum absolute atomic E-state index is 11.3. The molecule has 0 aliphatic carbocycles. The summed E-state index contributed by atoms with van der Waals surface area (Å²) in [5, 5.41) is 0. The van der Waals surface area contributed by atoms with Crippen LogP contribution in [0, 0.1) is 5.41 Å². The summed E-state index contributed by atoms with van der Waals surface area (Å²) in [5.74, 6) is -0.124. The van der Waals surface area contributed by atoms with Crippen molar-refractivity contribution in [2.45, 2.75) is 20.3 Å². The molecule has 2 nitrogen and oxygen atoms in total. The molecule has 0 radical (unpaired) electrons. The highest BCUT2D eigenvalue weighted by atomic mass is 16.5. The molecule has 0 unspecified atom stereocenters. The van der Waals surface area contributed by atoms with Crippen molar-refractivity contribution in [3.05, 3.63) is 41.5 Å². The fraction of sp³-hybridized carbons (Fsp3) is 0.357. The summed E-state index contributed by atoms with van der Waals surface area (Å²) >= 11 is 0. The predicted molar refractivity (Wildman–Crippen MR) is 63.8 cm³/mol. The highest BCUT2D eigenvalue weighted by Crippen LogP contribution is 2.34. The lowest BCUT2D eigenvalue weighted by Crippen LogP contribution is -2.31. The smallest absolute Gasteiger partial charge is 0.309 e. The number of cyclic esters (lactones) is 1. The average molecular weight is 216 g/mol. The van der Waals surface area contributed by atoms with Crippen LogP contribution in [0.5, 0.6) is 0 Å². The third-order valence-electron chi connectivity index (χ3n) is 2.94. The predicted octanol–water partition coefficient (Wildman–Crippen LogP) is 3.04. The first-order valence-electron chi connectivity index (χ1n) is 5.50. The second-order valence-electron chi connectivity index (χ2n) is 4.80. The second kappa shape index (κ2) is 4.12. The van der Waals surface area contributed by atoms with E-state index in [9.17, 15) is 4.79 Å². The van der Waals surface area contributed by atoms with Gasteiger partial charge in [0.05, 0.1) is 6.42 Å². The molecule has 0 N–H and O–H groups in total. The van der Waals surface area contributed by atoms with E-state index in [1.54, 1.807) is 0 Å². The van der Waals surface area contributed by atoms with Crippen LogP contribution in [0.15, 0.2) is 35.9 Å². The largest absolute Gasteiger partial charge is 0.465 e. The van der Waals surface area contributed by atoms with Crippen LogP contribution in [0.2, 0.25) is 0 Å². The third kappa shape index (κ3) is 2.32. The molecule has 1 aromatic rings. The Morgan fingerprint density at radius 1 is 1.25 bits per heavy atom. The van der Waals surface area contributed by atoms with Crippen molar-refractivity contribution in [2.75, 3.05) is 6.61 Å². The Morgan fingerprint density at radius 3 is 2.62 bits per heavy atom. The van der Waals surface area contributed by atoms with Crippen LogP contribution in [0.1, 0.15) is 25.8 Å². The van der Waals surface area contributed by atoms with Crippen molar-refractivity contribution < 1.29 is 9.53 Å². The van der Waals surface area contributed by atoms with Crippen molar-refractivity contribution >= 4 is 12.0 Å². The molecular weight excluding hydrogens is 200 g/mol. The molecule has 0 bridgehead atoms. The highest BCUT2D eigenvalue weighted by Gasteiger charge is 2.31. The number of benzene rings is 1. The van der Waals surface area contributed by atoms with E-state index in [0.717, 1.165) is 11.1 Å². The van der Waals surface area contributed by atoms with Crippen LogP contribution in [0.4, 0.5) is 0 Å². The SMILES string of the molecule is CC1(C)COC(=O)C/C1=C\c1ccccc1. The molecular formula is C14H16O2. The van der Waals surface area contributed by atoms with Gasteiger partial charge in [-0.15, -0.1) is 0 Å². The Hall–Kier alpha value is -1.57. The van der Waals surface area contributed by atoms with Crippen LogP contribution in [-0.4, -0.2) is 12.6 Å². The molecule has 2 heteroatoms. The first-order chi connectivity index (χ1) is 7.58. The molecule has 84 valence electrons. The zero-order valence-corrected chi connectivity index (χ0v) is 9.69. The number of esters is 1. The highest BCUT2D eigenvalue weighted by molar-refractivity contribution is 5.76. The molecule has 1 heterocycles. The number of hydrogen-bond donors (Lipinski definition) is 0. The van der Waals surface area contributed by atoms with Crippen molar-refractivity contribution in [3.63, 3.8) is 0 Å². The van der Waals surface area contributed by atoms with E-state index in [-0.39, 0.29) is 11.4 Å². The maximum atomic E-state index is 11.3. The molecule has 16 heavy (non-hydrogen) atoms. The molecule has 1 aliphatic rings. The molecule has 0 aromatic heterocycles.